The summed E-state index contributed by atoms with van der Waals surface area (Å²) >= 11 is 0. The summed E-state index contributed by atoms with van der Waals surface area (Å²) in [7, 11) is 0.694. The Kier molecular flexibility index (Phi) is 4.86. The summed E-state index contributed by atoms with van der Waals surface area (Å²) in [5.41, 5.74) is 5.89. The second-order valence-electron chi connectivity index (χ2n) is 8.13. The van der Waals surface area contributed by atoms with Crippen molar-refractivity contribution in [2.24, 2.45) is 0 Å². The third kappa shape index (κ3) is 3.68. The SMILES string of the molecule is C[S+]1Cc2ccc(cc2)C[S+](C)Cc2ccc3ccc4ccc(cc4c3c2)C1. The molecule has 0 saturated carbocycles. The summed E-state index contributed by atoms with van der Waals surface area (Å²) in [5.74, 6) is 4.67. The van der Waals surface area contributed by atoms with E-state index in [1.165, 1.54) is 55.3 Å². The first-order valence-corrected chi connectivity index (χ1v) is 13.8. The molecule has 2 aliphatic heterocycles. The molecule has 0 amide bonds. The summed E-state index contributed by atoms with van der Waals surface area (Å²) in [5, 5.41) is 5.55. The Morgan fingerprint density at radius 3 is 1.21 bits per heavy atom. The molecule has 6 bridgehead atoms. The Morgan fingerprint density at radius 1 is 0.464 bits per heavy atom. The number of rotatable bonds is 0. The molecule has 0 N–H and O–H groups in total. The lowest BCUT2D eigenvalue weighted by Crippen LogP contribution is -2.08. The molecule has 2 heteroatoms. The summed E-state index contributed by atoms with van der Waals surface area (Å²) in [6.07, 6.45) is 4.82. The van der Waals surface area contributed by atoms with Crippen LogP contribution in [0.4, 0.5) is 0 Å². The fourth-order valence-corrected chi connectivity index (χ4v) is 7.52. The van der Waals surface area contributed by atoms with Crippen LogP contribution in [-0.2, 0) is 44.8 Å². The number of hydrogen-bond donors (Lipinski definition) is 0. The quantitative estimate of drug-likeness (QED) is 0.242. The average molecular weight is 403 g/mol. The van der Waals surface area contributed by atoms with Crippen molar-refractivity contribution in [2.45, 2.75) is 23.0 Å². The van der Waals surface area contributed by atoms with E-state index in [-0.39, 0.29) is 0 Å². The van der Waals surface area contributed by atoms with E-state index in [1.54, 1.807) is 0 Å². The highest BCUT2D eigenvalue weighted by Gasteiger charge is 2.17. The normalized spacial score (nSPS) is 19.9. The molecule has 0 aromatic heterocycles. The molecular weight excluding hydrogens is 376 g/mol. The summed E-state index contributed by atoms with van der Waals surface area (Å²) in [6, 6.07) is 28.2. The Balaban J connectivity index is 1.66. The van der Waals surface area contributed by atoms with Crippen LogP contribution in [0.25, 0.3) is 21.5 Å². The van der Waals surface area contributed by atoms with Crippen molar-refractivity contribution in [1.82, 2.24) is 0 Å². The molecular formula is C26H26S2+2. The Morgan fingerprint density at radius 2 is 0.786 bits per heavy atom. The maximum atomic E-state index is 2.45. The maximum Gasteiger partial charge on any atom is 0.133 e. The fraction of sp³-hybridized carbons (Fsp3) is 0.231. The van der Waals surface area contributed by atoms with Gasteiger partial charge in [0, 0.05) is 22.3 Å². The van der Waals surface area contributed by atoms with Gasteiger partial charge in [-0.25, -0.2) is 0 Å². The van der Waals surface area contributed by atoms with Crippen LogP contribution >= 0.6 is 0 Å². The number of benzene rings is 4. The van der Waals surface area contributed by atoms with Gasteiger partial charge in [-0.15, -0.1) is 0 Å². The third-order valence-corrected chi connectivity index (χ3v) is 8.95. The summed E-state index contributed by atoms with van der Waals surface area (Å²) < 4.78 is 0. The van der Waals surface area contributed by atoms with Gasteiger partial charge in [0.05, 0.1) is 12.5 Å². The van der Waals surface area contributed by atoms with Crippen LogP contribution in [0.3, 0.4) is 0 Å². The van der Waals surface area contributed by atoms with Crippen LogP contribution < -0.4 is 0 Å². The molecule has 4 aromatic carbocycles. The van der Waals surface area contributed by atoms with E-state index in [0.29, 0.717) is 21.8 Å². The lowest BCUT2D eigenvalue weighted by molar-refractivity contribution is 1.30. The van der Waals surface area contributed by atoms with Gasteiger partial charge in [-0.2, -0.15) is 0 Å². The Labute approximate surface area is 173 Å². The van der Waals surface area contributed by atoms with E-state index in [1.807, 2.05) is 0 Å². The predicted octanol–water partition coefficient (Wildman–Crippen LogP) is 6.20. The van der Waals surface area contributed by atoms with Gasteiger partial charge in [-0.1, -0.05) is 60.7 Å². The minimum absolute atomic E-state index is 0.347. The predicted molar refractivity (Wildman–Crippen MR) is 129 cm³/mol. The molecule has 0 saturated heterocycles. The Hall–Kier alpha value is -1.90. The van der Waals surface area contributed by atoms with Crippen molar-refractivity contribution in [3.05, 3.63) is 95.1 Å². The first kappa shape index (κ1) is 18.1. The highest BCUT2D eigenvalue weighted by molar-refractivity contribution is 7.94. The second kappa shape index (κ2) is 7.50. The molecule has 140 valence electrons. The zero-order chi connectivity index (χ0) is 19.1. The van der Waals surface area contributed by atoms with Crippen LogP contribution in [0.2, 0.25) is 0 Å². The van der Waals surface area contributed by atoms with Gasteiger partial charge < -0.3 is 0 Å². The van der Waals surface area contributed by atoms with Gasteiger partial charge in [-0.05, 0) is 55.5 Å². The van der Waals surface area contributed by atoms with Crippen LogP contribution in [-0.4, -0.2) is 12.5 Å². The van der Waals surface area contributed by atoms with Crippen LogP contribution in [0.1, 0.15) is 22.3 Å². The fourth-order valence-electron chi connectivity index (χ4n) is 4.30. The smallest absolute Gasteiger partial charge is 0.0539 e. The highest BCUT2D eigenvalue weighted by atomic mass is 32.2. The molecule has 6 rings (SSSR count). The van der Waals surface area contributed by atoms with Gasteiger partial charge in [0.1, 0.15) is 23.0 Å². The molecule has 0 spiro atoms. The van der Waals surface area contributed by atoms with Crippen molar-refractivity contribution >= 4 is 43.3 Å². The standard InChI is InChI=1S/C26H26S2/c1-27-15-19-3-5-20(6-4-19)16-28(2)18-22-8-10-24-12-11-23-9-7-21(17-27)13-25(23)26(24)14-22/h3-14H,15-18H2,1-2H3/q+2. The summed E-state index contributed by atoms with van der Waals surface area (Å²) in [4.78, 5) is 0. The monoisotopic (exact) mass is 402 g/mol. The second-order valence-corrected chi connectivity index (χ2v) is 12.4. The topological polar surface area (TPSA) is 0 Å². The first-order chi connectivity index (χ1) is 13.6. The number of fused-ring (bicyclic) bond motifs is 6. The third-order valence-electron chi connectivity index (χ3n) is 5.64. The minimum Gasteiger partial charge on any atom is -0.0539 e. The minimum atomic E-state index is 0.347. The molecule has 2 unspecified atom stereocenters. The zero-order valence-electron chi connectivity index (χ0n) is 16.6. The highest BCUT2D eigenvalue weighted by Crippen LogP contribution is 2.29. The van der Waals surface area contributed by atoms with Gasteiger partial charge >= 0.3 is 0 Å². The molecule has 0 radical (unpaired) electrons. The van der Waals surface area contributed by atoms with E-state index in [2.05, 4.69) is 85.3 Å². The van der Waals surface area contributed by atoms with E-state index in [4.69, 9.17) is 0 Å². The largest absolute Gasteiger partial charge is 0.133 e. The lowest BCUT2D eigenvalue weighted by atomic mass is 9.99. The molecule has 2 atom stereocenters. The van der Waals surface area contributed by atoms with Crippen LogP contribution in [0, 0.1) is 0 Å². The van der Waals surface area contributed by atoms with Gasteiger partial charge in [0.15, 0.2) is 0 Å². The average Bonchev–Trinajstić information content (AvgIpc) is 2.68. The molecule has 2 heterocycles. The van der Waals surface area contributed by atoms with Crippen molar-refractivity contribution in [3.8, 4) is 0 Å². The molecule has 0 nitrogen and oxygen atoms in total. The van der Waals surface area contributed by atoms with Crippen LogP contribution in [0.5, 0.6) is 0 Å². The van der Waals surface area contributed by atoms with Gasteiger partial charge in [0.2, 0.25) is 0 Å². The zero-order valence-corrected chi connectivity index (χ0v) is 18.2. The van der Waals surface area contributed by atoms with Crippen LogP contribution in [0.15, 0.2) is 72.8 Å². The molecule has 0 aliphatic carbocycles. The van der Waals surface area contributed by atoms with Gasteiger partial charge in [0.25, 0.3) is 0 Å². The first-order valence-electron chi connectivity index (χ1n) is 9.84. The van der Waals surface area contributed by atoms with E-state index >= 15 is 0 Å². The summed E-state index contributed by atoms with van der Waals surface area (Å²) in [6.45, 7) is 0. The Bertz CT molecular complexity index is 1050. The van der Waals surface area contributed by atoms with E-state index < -0.39 is 0 Å². The van der Waals surface area contributed by atoms with Crippen molar-refractivity contribution in [3.63, 3.8) is 0 Å². The van der Waals surface area contributed by atoms with Crippen molar-refractivity contribution in [1.29, 1.82) is 0 Å². The molecule has 0 fully saturated rings. The van der Waals surface area contributed by atoms with E-state index in [9.17, 15) is 0 Å². The maximum absolute atomic E-state index is 2.45. The molecule has 28 heavy (non-hydrogen) atoms. The number of hydrogen-bond acceptors (Lipinski definition) is 0. The lowest BCUT2D eigenvalue weighted by Gasteiger charge is -2.11. The van der Waals surface area contributed by atoms with Crippen molar-refractivity contribution in [2.75, 3.05) is 12.5 Å². The van der Waals surface area contributed by atoms with Crippen molar-refractivity contribution < 1.29 is 0 Å². The molecule has 2 aliphatic rings. The van der Waals surface area contributed by atoms with E-state index in [0.717, 1.165) is 11.5 Å². The van der Waals surface area contributed by atoms with Gasteiger partial charge in [-0.3, -0.25) is 0 Å². The molecule has 4 aromatic rings.